The van der Waals surface area contributed by atoms with E-state index in [4.69, 9.17) is 11.6 Å². The second-order valence-electron chi connectivity index (χ2n) is 4.55. The molecule has 2 nitrogen and oxygen atoms in total. The van der Waals surface area contributed by atoms with Crippen molar-refractivity contribution in [1.82, 2.24) is 5.32 Å². The number of hydrogen-bond donors (Lipinski definition) is 2. The Morgan fingerprint density at radius 1 is 1.47 bits per heavy atom. The van der Waals surface area contributed by atoms with Crippen molar-refractivity contribution in [2.45, 2.75) is 12.8 Å². The molecule has 0 saturated carbocycles. The van der Waals surface area contributed by atoms with E-state index >= 15 is 0 Å². The van der Waals surface area contributed by atoms with Crippen LogP contribution in [0.25, 0.3) is 0 Å². The fraction of sp³-hybridized carbons (Fsp3) is 0.500. The van der Waals surface area contributed by atoms with E-state index in [2.05, 4.69) is 12.2 Å². The molecule has 1 fully saturated rings. The molecule has 0 spiro atoms. The van der Waals surface area contributed by atoms with Crippen LogP contribution in [0.4, 0.5) is 0 Å². The fourth-order valence-corrected chi connectivity index (χ4v) is 2.38. The van der Waals surface area contributed by atoms with Gasteiger partial charge < -0.3 is 10.4 Å². The quantitative estimate of drug-likeness (QED) is 0.807. The highest BCUT2D eigenvalue weighted by molar-refractivity contribution is 6.30. The molecule has 0 unspecified atom stereocenters. The molecule has 0 aliphatic carbocycles. The average molecular weight is 226 g/mol. The number of aliphatic hydroxyl groups excluding tert-OH is 1. The molecular formula is C12H16ClNO. The van der Waals surface area contributed by atoms with Gasteiger partial charge in [0, 0.05) is 29.4 Å². The lowest BCUT2D eigenvalue weighted by Gasteiger charge is -2.28. The van der Waals surface area contributed by atoms with Gasteiger partial charge >= 0.3 is 0 Å². The number of halogens is 1. The smallest absolute Gasteiger partial charge is 0.0503 e. The minimum Gasteiger partial charge on any atom is -0.396 e. The Labute approximate surface area is 95.3 Å². The Morgan fingerprint density at radius 3 is 2.73 bits per heavy atom. The van der Waals surface area contributed by atoms with Crippen LogP contribution < -0.4 is 5.32 Å². The summed E-state index contributed by atoms with van der Waals surface area (Å²) in [7, 11) is 0. The van der Waals surface area contributed by atoms with Crippen molar-refractivity contribution < 1.29 is 5.11 Å². The lowest BCUT2D eigenvalue weighted by molar-refractivity contribution is 0.144. The van der Waals surface area contributed by atoms with Gasteiger partial charge in [-0.05, 0) is 17.7 Å². The maximum absolute atomic E-state index is 9.45. The highest BCUT2D eigenvalue weighted by atomic mass is 35.5. The summed E-state index contributed by atoms with van der Waals surface area (Å²) in [6.45, 7) is 4.13. The van der Waals surface area contributed by atoms with Crippen molar-refractivity contribution in [3.05, 3.63) is 34.9 Å². The van der Waals surface area contributed by atoms with Crippen LogP contribution in [0.3, 0.4) is 0 Å². The van der Waals surface area contributed by atoms with Crippen LogP contribution in [-0.4, -0.2) is 24.8 Å². The Hall–Kier alpha value is -0.570. The average Bonchev–Trinajstić information content (AvgIpc) is 2.63. The zero-order chi connectivity index (χ0) is 10.9. The zero-order valence-electron chi connectivity index (χ0n) is 8.83. The number of rotatable bonds is 2. The van der Waals surface area contributed by atoms with Crippen LogP contribution in [0.15, 0.2) is 24.3 Å². The van der Waals surface area contributed by atoms with Crippen LogP contribution in [0.5, 0.6) is 0 Å². The molecule has 1 aromatic rings. The molecule has 15 heavy (non-hydrogen) atoms. The first-order chi connectivity index (χ1) is 7.15. The van der Waals surface area contributed by atoms with Gasteiger partial charge in [0.05, 0.1) is 6.61 Å². The van der Waals surface area contributed by atoms with Crippen molar-refractivity contribution in [2.24, 2.45) is 5.41 Å². The summed E-state index contributed by atoms with van der Waals surface area (Å²) < 4.78 is 0. The van der Waals surface area contributed by atoms with Gasteiger partial charge in [0.2, 0.25) is 0 Å². The molecular weight excluding hydrogens is 210 g/mol. The maximum Gasteiger partial charge on any atom is 0.0503 e. The van der Waals surface area contributed by atoms with Crippen LogP contribution >= 0.6 is 11.6 Å². The second-order valence-corrected chi connectivity index (χ2v) is 4.98. The maximum atomic E-state index is 9.45. The number of nitrogens with one attached hydrogen (secondary N) is 1. The highest BCUT2D eigenvalue weighted by Crippen LogP contribution is 2.38. The molecule has 2 atom stereocenters. The lowest BCUT2D eigenvalue weighted by Crippen LogP contribution is -2.29. The molecule has 1 heterocycles. The van der Waals surface area contributed by atoms with Crippen molar-refractivity contribution in [3.8, 4) is 0 Å². The molecule has 2 N–H and O–H groups in total. The summed E-state index contributed by atoms with van der Waals surface area (Å²) >= 11 is 5.86. The molecule has 1 aliphatic rings. The third-order valence-corrected chi connectivity index (χ3v) is 3.60. The standard InChI is InChI=1S/C12H16ClNO/c1-12(8-15)7-14-6-11(12)9-2-4-10(13)5-3-9/h2-5,11,14-15H,6-8H2,1H3/t11-,12-/m1/s1. The molecule has 2 rings (SSSR count). The van der Waals surface area contributed by atoms with Gasteiger partial charge in [-0.2, -0.15) is 0 Å². The topological polar surface area (TPSA) is 32.3 Å². The Balaban J connectivity index is 2.27. The molecule has 1 saturated heterocycles. The molecule has 1 aliphatic heterocycles. The molecule has 0 radical (unpaired) electrons. The number of benzene rings is 1. The monoisotopic (exact) mass is 225 g/mol. The number of aliphatic hydroxyl groups is 1. The summed E-state index contributed by atoms with van der Waals surface area (Å²) in [6.07, 6.45) is 0. The Morgan fingerprint density at radius 2 is 2.13 bits per heavy atom. The van der Waals surface area contributed by atoms with Gasteiger partial charge in [-0.1, -0.05) is 30.7 Å². The first kappa shape index (κ1) is 10.9. The summed E-state index contributed by atoms with van der Waals surface area (Å²) in [5, 5.41) is 13.5. The first-order valence-electron chi connectivity index (χ1n) is 5.23. The van der Waals surface area contributed by atoms with Gasteiger partial charge in [0.15, 0.2) is 0 Å². The molecule has 0 amide bonds. The Kier molecular flexibility index (Phi) is 3.01. The van der Waals surface area contributed by atoms with Crippen molar-refractivity contribution >= 4 is 11.6 Å². The van der Waals surface area contributed by atoms with E-state index in [1.54, 1.807) is 0 Å². The highest BCUT2D eigenvalue weighted by Gasteiger charge is 2.38. The van der Waals surface area contributed by atoms with Gasteiger partial charge in [-0.15, -0.1) is 0 Å². The second kappa shape index (κ2) is 4.12. The van der Waals surface area contributed by atoms with Crippen molar-refractivity contribution in [1.29, 1.82) is 0 Å². The lowest BCUT2D eigenvalue weighted by atomic mass is 9.77. The fourth-order valence-electron chi connectivity index (χ4n) is 2.25. The first-order valence-corrected chi connectivity index (χ1v) is 5.60. The Bertz CT molecular complexity index is 338. The molecule has 1 aromatic carbocycles. The molecule has 82 valence electrons. The van der Waals surface area contributed by atoms with Crippen molar-refractivity contribution in [3.63, 3.8) is 0 Å². The van der Waals surface area contributed by atoms with E-state index in [0.717, 1.165) is 18.1 Å². The summed E-state index contributed by atoms with van der Waals surface area (Å²) in [5.74, 6) is 0.375. The molecule has 0 aromatic heterocycles. The SMILES string of the molecule is C[C@]1(CO)CNC[C@@H]1c1ccc(Cl)cc1. The third-order valence-electron chi connectivity index (χ3n) is 3.35. The van der Waals surface area contributed by atoms with Gasteiger partial charge in [-0.3, -0.25) is 0 Å². The predicted octanol–water partition coefficient (Wildman–Crippen LogP) is 2.03. The third kappa shape index (κ3) is 2.03. The van der Waals surface area contributed by atoms with E-state index in [1.807, 2.05) is 24.3 Å². The minimum absolute atomic E-state index is 0.0478. The summed E-state index contributed by atoms with van der Waals surface area (Å²) in [6, 6.07) is 7.92. The largest absolute Gasteiger partial charge is 0.396 e. The minimum atomic E-state index is -0.0478. The number of hydrogen-bond acceptors (Lipinski definition) is 2. The van der Waals surface area contributed by atoms with Gasteiger partial charge in [0.1, 0.15) is 0 Å². The van der Waals surface area contributed by atoms with E-state index in [0.29, 0.717) is 5.92 Å². The van der Waals surface area contributed by atoms with Crippen LogP contribution in [0.1, 0.15) is 18.4 Å². The van der Waals surface area contributed by atoms with E-state index in [9.17, 15) is 5.11 Å². The molecule has 3 heteroatoms. The van der Waals surface area contributed by atoms with Crippen LogP contribution in [-0.2, 0) is 0 Å². The summed E-state index contributed by atoms with van der Waals surface area (Å²) in [5.41, 5.74) is 1.20. The van der Waals surface area contributed by atoms with E-state index < -0.39 is 0 Å². The van der Waals surface area contributed by atoms with E-state index in [1.165, 1.54) is 5.56 Å². The zero-order valence-corrected chi connectivity index (χ0v) is 9.59. The van der Waals surface area contributed by atoms with Gasteiger partial charge in [0.25, 0.3) is 0 Å². The predicted molar refractivity (Wildman–Crippen MR) is 62.3 cm³/mol. The van der Waals surface area contributed by atoms with E-state index in [-0.39, 0.29) is 12.0 Å². The van der Waals surface area contributed by atoms with Crippen molar-refractivity contribution in [2.75, 3.05) is 19.7 Å². The van der Waals surface area contributed by atoms with Crippen LogP contribution in [0, 0.1) is 5.41 Å². The van der Waals surface area contributed by atoms with Crippen LogP contribution in [0.2, 0.25) is 5.02 Å². The normalized spacial score (nSPS) is 30.7. The van der Waals surface area contributed by atoms with Gasteiger partial charge in [-0.25, -0.2) is 0 Å². The summed E-state index contributed by atoms with van der Waals surface area (Å²) in [4.78, 5) is 0. The molecule has 0 bridgehead atoms.